The Kier molecular flexibility index (Phi) is 6.68. The fourth-order valence-corrected chi connectivity index (χ4v) is 5.30. The summed E-state index contributed by atoms with van der Waals surface area (Å²) in [6.45, 7) is 2.75. The molecule has 2 aromatic rings. The summed E-state index contributed by atoms with van der Waals surface area (Å²) in [4.78, 5) is 45.1. The molecule has 0 bridgehead atoms. The van der Waals surface area contributed by atoms with E-state index in [0.717, 1.165) is 36.6 Å². The Hall–Kier alpha value is -3.46. The third kappa shape index (κ3) is 4.86. The molecule has 35 heavy (non-hydrogen) atoms. The summed E-state index contributed by atoms with van der Waals surface area (Å²) in [5.41, 5.74) is 2.62. The third-order valence-corrected chi connectivity index (χ3v) is 7.19. The molecule has 9 heteroatoms. The van der Waals surface area contributed by atoms with E-state index in [2.05, 4.69) is 26.6 Å². The molecule has 3 amide bonds. The van der Waals surface area contributed by atoms with Crippen LogP contribution in [0.3, 0.4) is 0 Å². The predicted octanol–water partition coefficient (Wildman–Crippen LogP) is 2.32. The molecule has 184 valence electrons. The number of nitrogens with zero attached hydrogens (tertiary/aromatic N) is 3. The van der Waals surface area contributed by atoms with Gasteiger partial charge in [-0.15, -0.1) is 0 Å². The van der Waals surface area contributed by atoms with Crippen molar-refractivity contribution in [3.8, 4) is 5.75 Å². The van der Waals surface area contributed by atoms with E-state index in [1.54, 1.807) is 17.2 Å². The Morgan fingerprint density at radius 2 is 2.06 bits per heavy atom. The van der Waals surface area contributed by atoms with Crippen molar-refractivity contribution >= 4 is 23.5 Å². The molecule has 1 aromatic heterocycles. The average Bonchev–Trinajstić information content (AvgIpc) is 3.19. The maximum absolute atomic E-state index is 12.9. The van der Waals surface area contributed by atoms with Crippen molar-refractivity contribution in [2.45, 2.75) is 57.3 Å². The molecule has 4 heterocycles. The van der Waals surface area contributed by atoms with Gasteiger partial charge >= 0.3 is 0 Å². The zero-order valence-corrected chi connectivity index (χ0v) is 20.0. The minimum Gasteiger partial charge on any atom is -0.492 e. The number of hydrogen-bond acceptors (Lipinski definition) is 7. The van der Waals surface area contributed by atoms with Gasteiger partial charge in [-0.1, -0.05) is 12.5 Å². The summed E-state index contributed by atoms with van der Waals surface area (Å²) in [6, 6.07) is 9.29. The van der Waals surface area contributed by atoms with Crippen LogP contribution in [0.15, 0.2) is 36.5 Å². The van der Waals surface area contributed by atoms with Gasteiger partial charge in [-0.3, -0.25) is 24.6 Å². The second-order valence-corrected chi connectivity index (χ2v) is 9.41. The molecule has 1 aromatic carbocycles. The number of rotatable bonds is 7. The van der Waals surface area contributed by atoms with Crippen LogP contribution in [-0.2, 0) is 22.7 Å². The van der Waals surface area contributed by atoms with E-state index in [4.69, 9.17) is 4.74 Å². The summed E-state index contributed by atoms with van der Waals surface area (Å²) in [5, 5.41) is 5.52. The molecule has 2 atom stereocenters. The second kappa shape index (κ2) is 10.0. The van der Waals surface area contributed by atoms with Crippen molar-refractivity contribution in [3.05, 3.63) is 53.2 Å². The predicted molar refractivity (Wildman–Crippen MR) is 130 cm³/mol. The molecule has 0 aliphatic carbocycles. The lowest BCUT2D eigenvalue weighted by Crippen LogP contribution is -2.52. The maximum Gasteiger partial charge on any atom is 0.255 e. The quantitative estimate of drug-likeness (QED) is 0.590. The van der Waals surface area contributed by atoms with Gasteiger partial charge < -0.3 is 15.0 Å². The second-order valence-electron chi connectivity index (χ2n) is 9.41. The van der Waals surface area contributed by atoms with Crippen molar-refractivity contribution < 1.29 is 19.1 Å². The Morgan fingerprint density at radius 1 is 1.17 bits per heavy atom. The van der Waals surface area contributed by atoms with Crippen molar-refractivity contribution in [3.63, 3.8) is 0 Å². The average molecular weight is 478 g/mol. The van der Waals surface area contributed by atoms with Crippen LogP contribution in [0.2, 0.25) is 0 Å². The van der Waals surface area contributed by atoms with Crippen LogP contribution in [0.4, 0.5) is 5.82 Å². The van der Waals surface area contributed by atoms with E-state index in [0.29, 0.717) is 31.2 Å². The fraction of sp³-hybridized carbons (Fsp3) is 0.462. The number of imide groups is 1. The van der Waals surface area contributed by atoms with Crippen molar-refractivity contribution in [2.75, 3.05) is 25.5 Å². The van der Waals surface area contributed by atoms with Crippen LogP contribution in [0.25, 0.3) is 0 Å². The number of nitrogens with one attached hydrogen (secondary N) is 2. The summed E-state index contributed by atoms with van der Waals surface area (Å²) in [5.74, 6) is 0.780. The van der Waals surface area contributed by atoms with Gasteiger partial charge in [-0.05, 0) is 55.6 Å². The van der Waals surface area contributed by atoms with E-state index in [-0.39, 0.29) is 18.2 Å². The first-order valence-electron chi connectivity index (χ1n) is 12.3. The van der Waals surface area contributed by atoms with Gasteiger partial charge in [0.1, 0.15) is 24.2 Å². The third-order valence-electron chi connectivity index (χ3n) is 7.19. The molecule has 5 rings (SSSR count). The lowest BCUT2D eigenvalue weighted by molar-refractivity contribution is -0.136. The first-order valence-corrected chi connectivity index (χ1v) is 12.3. The van der Waals surface area contributed by atoms with E-state index >= 15 is 0 Å². The van der Waals surface area contributed by atoms with Crippen LogP contribution in [-0.4, -0.2) is 64.8 Å². The Balaban J connectivity index is 1.23. The topological polar surface area (TPSA) is 104 Å². The lowest BCUT2D eigenvalue weighted by atomic mass is 10.0. The molecular formula is C26H31N5O4. The van der Waals surface area contributed by atoms with E-state index < -0.39 is 11.9 Å². The standard InChI is InChI=1S/C26H31N5O4/c1-27-24-17(5-4-11-28-24)14-30-12-3-2-6-19(30)16-35-20-7-8-21-18(13-20)15-31(26(21)34)22-9-10-23(32)29-25(22)33/h4-5,7-8,11,13,19,22H,2-3,6,9-10,12,14-16H2,1H3,(H,27,28)(H,29,32,33)/t19-,22?/m0/s1. The largest absolute Gasteiger partial charge is 0.492 e. The monoisotopic (exact) mass is 477 g/mol. The minimum absolute atomic E-state index is 0.170. The zero-order valence-electron chi connectivity index (χ0n) is 20.0. The van der Waals surface area contributed by atoms with Crippen LogP contribution >= 0.6 is 0 Å². The van der Waals surface area contributed by atoms with Gasteiger partial charge in [-0.2, -0.15) is 0 Å². The van der Waals surface area contributed by atoms with Gasteiger partial charge in [-0.25, -0.2) is 4.98 Å². The number of ether oxygens (including phenoxy) is 1. The summed E-state index contributed by atoms with van der Waals surface area (Å²) in [6.07, 6.45) is 5.82. The van der Waals surface area contributed by atoms with Gasteiger partial charge in [0, 0.05) is 49.9 Å². The number of pyridine rings is 1. The highest BCUT2D eigenvalue weighted by atomic mass is 16.5. The molecular weight excluding hydrogens is 446 g/mol. The smallest absolute Gasteiger partial charge is 0.255 e. The lowest BCUT2D eigenvalue weighted by Gasteiger charge is -2.35. The van der Waals surface area contributed by atoms with Crippen LogP contribution in [0.5, 0.6) is 5.75 Å². The molecule has 0 spiro atoms. The normalized spacial score (nSPS) is 22.7. The molecule has 9 nitrogen and oxygen atoms in total. The summed E-state index contributed by atoms with van der Waals surface area (Å²) in [7, 11) is 1.89. The Bertz CT molecular complexity index is 1140. The van der Waals surface area contributed by atoms with Gasteiger partial charge in [0.2, 0.25) is 11.8 Å². The number of aromatic nitrogens is 1. The SMILES string of the molecule is CNc1ncccc1CN1CCCC[C@H]1COc1ccc2c(c1)CN(C1CCC(=O)NC1=O)C2=O. The number of carbonyl (C=O) groups is 3. The van der Waals surface area contributed by atoms with Crippen LogP contribution < -0.4 is 15.4 Å². The van der Waals surface area contributed by atoms with E-state index in [1.807, 2.05) is 25.2 Å². The Morgan fingerprint density at radius 3 is 2.89 bits per heavy atom. The van der Waals surface area contributed by atoms with E-state index in [1.165, 1.54) is 18.4 Å². The van der Waals surface area contributed by atoms with Gasteiger partial charge in [0.05, 0.1) is 0 Å². The number of likely N-dealkylation sites (tertiary alicyclic amines) is 1. The van der Waals surface area contributed by atoms with Crippen molar-refractivity contribution in [1.82, 2.24) is 20.1 Å². The number of benzene rings is 1. The Labute approximate surface area is 204 Å². The van der Waals surface area contributed by atoms with Gasteiger partial charge in [0.15, 0.2) is 0 Å². The molecule has 1 unspecified atom stereocenters. The summed E-state index contributed by atoms with van der Waals surface area (Å²) >= 11 is 0. The first kappa shape index (κ1) is 23.3. The molecule has 0 saturated carbocycles. The highest BCUT2D eigenvalue weighted by molar-refractivity contribution is 6.05. The molecule has 2 saturated heterocycles. The van der Waals surface area contributed by atoms with Crippen LogP contribution in [0.1, 0.15) is 53.6 Å². The molecule has 0 radical (unpaired) electrons. The minimum atomic E-state index is -0.609. The number of amides is 3. The number of anilines is 1. The number of carbonyl (C=O) groups excluding carboxylic acids is 3. The highest BCUT2D eigenvalue weighted by Gasteiger charge is 2.39. The fourth-order valence-electron chi connectivity index (χ4n) is 5.30. The van der Waals surface area contributed by atoms with Crippen molar-refractivity contribution in [1.29, 1.82) is 0 Å². The zero-order chi connectivity index (χ0) is 24.4. The maximum atomic E-state index is 12.9. The van der Waals surface area contributed by atoms with Crippen LogP contribution in [0, 0.1) is 0 Å². The molecule has 2 N–H and O–H groups in total. The van der Waals surface area contributed by atoms with Gasteiger partial charge in [0.25, 0.3) is 5.91 Å². The number of hydrogen-bond donors (Lipinski definition) is 2. The molecule has 3 aliphatic heterocycles. The number of fused-ring (bicyclic) bond motifs is 1. The molecule has 3 aliphatic rings. The van der Waals surface area contributed by atoms with Crippen molar-refractivity contribution in [2.24, 2.45) is 0 Å². The first-order chi connectivity index (χ1) is 17.0. The summed E-state index contributed by atoms with van der Waals surface area (Å²) < 4.78 is 6.22. The highest BCUT2D eigenvalue weighted by Crippen LogP contribution is 2.31. The number of piperidine rings is 2. The molecule has 2 fully saturated rings. The van der Waals surface area contributed by atoms with E-state index in [9.17, 15) is 14.4 Å².